The van der Waals surface area contributed by atoms with Gasteiger partial charge in [0.2, 0.25) is 0 Å². The first kappa shape index (κ1) is 27.3. The number of hydrogen-bond acceptors (Lipinski definition) is 4. The van der Waals surface area contributed by atoms with Crippen LogP contribution in [0.4, 0.5) is 11.4 Å². The Hall–Kier alpha value is -4.84. The van der Waals surface area contributed by atoms with Crippen LogP contribution in [-0.4, -0.2) is 42.9 Å². The van der Waals surface area contributed by atoms with Gasteiger partial charge in [-0.3, -0.25) is 14.5 Å². The van der Waals surface area contributed by atoms with Gasteiger partial charge in [0, 0.05) is 37.4 Å². The summed E-state index contributed by atoms with van der Waals surface area (Å²) >= 11 is 0. The van der Waals surface area contributed by atoms with E-state index in [9.17, 15) is 9.59 Å². The summed E-state index contributed by atoms with van der Waals surface area (Å²) in [5.41, 5.74) is 8.23. The fourth-order valence-electron chi connectivity index (χ4n) is 5.58. The summed E-state index contributed by atoms with van der Waals surface area (Å²) in [7, 11) is 0. The molecular weight excluding hydrogens is 522 g/mol. The van der Waals surface area contributed by atoms with Crippen molar-refractivity contribution >= 4 is 29.3 Å². The molecule has 6 nitrogen and oxygen atoms in total. The predicted octanol–water partition coefficient (Wildman–Crippen LogP) is 6.54. The Labute approximate surface area is 247 Å². The van der Waals surface area contributed by atoms with E-state index in [4.69, 9.17) is 4.74 Å². The van der Waals surface area contributed by atoms with Gasteiger partial charge in [-0.15, -0.1) is 0 Å². The van der Waals surface area contributed by atoms with Gasteiger partial charge in [-0.25, -0.2) is 0 Å². The van der Waals surface area contributed by atoms with Gasteiger partial charge in [0.1, 0.15) is 0 Å². The van der Waals surface area contributed by atoms with E-state index in [1.165, 1.54) is 22.4 Å². The van der Waals surface area contributed by atoms with Gasteiger partial charge in [0.05, 0.1) is 12.2 Å². The number of amides is 2. The minimum Gasteiger partial charge on any atom is -0.449 e. The maximum absolute atomic E-state index is 13.6. The summed E-state index contributed by atoms with van der Waals surface area (Å²) in [4.78, 5) is 32.9. The van der Waals surface area contributed by atoms with Gasteiger partial charge < -0.3 is 14.5 Å². The number of aryl methyl sites for hydroxylation is 2. The molecule has 2 amide bonds. The van der Waals surface area contributed by atoms with Crippen molar-refractivity contribution < 1.29 is 14.3 Å². The van der Waals surface area contributed by atoms with Crippen molar-refractivity contribution in [1.29, 1.82) is 0 Å². The van der Waals surface area contributed by atoms with E-state index in [0.717, 1.165) is 29.9 Å². The molecule has 0 radical (unpaired) electrons. The van der Waals surface area contributed by atoms with E-state index in [1.807, 2.05) is 72.5 Å². The van der Waals surface area contributed by atoms with Gasteiger partial charge in [-0.2, -0.15) is 0 Å². The highest BCUT2D eigenvalue weighted by Crippen LogP contribution is 2.36. The predicted molar refractivity (Wildman–Crippen MR) is 168 cm³/mol. The molecule has 6 rings (SSSR count). The lowest BCUT2D eigenvalue weighted by molar-refractivity contribution is -0.117. The first-order chi connectivity index (χ1) is 20.4. The molecule has 0 aromatic heterocycles. The van der Waals surface area contributed by atoms with Crippen LogP contribution >= 0.6 is 0 Å². The third-order valence-corrected chi connectivity index (χ3v) is 8.23. The molecule has 2 heterocycles. The van der Waals surface area contributed by atoms with Crippen LogP contribution in [0.25, 0.3) is 6.08 Å². The number of ether oxygens (including phenoxy) is 1. The van der Waals surface area contributed by atoms with E-state index in [2.05, 4.69) is 49.1 Å². The number of hydrogen-bond donors (Lipinski definition) is 0. The number of piperazine rings is 1. The zero-order valence-corrected chi connectivity index (χ0v) is 24.3. The summed E-state index contributed by atoms with van der Waals surface area (Å²) in [6, 6.07) is 29.6. The van der Waals surface area contributed by atoms with Gasteiger partial charge in [0.25, 0.3) is 11.8 Å². The number of anilines is 2. The number of nitrogens with zero attached hydrogens (tertiary/aromatic N) is 3. The molecule has 2 aliphatic rings. The van der Waals surface area contributed by atoms with Crippen molar-refractivity contribution in [3.8, 4) is 5.75 Å². The molecule has 0 aliphatic carbocycles. The Bertz CT molecular complexity index is 1650. The molecule has 42 heavy (non-hydrogen) atoms. The van der Waals surface area contributed by atoms with Crippen LogP contribution in [-0.2, 0) is 11.3 Å². The lowest BCUT2D eigenvalue weighted by Crippen LogP contribution is -2.49. The number of benzene rings is 4. The van der Waals surface area contributed by atoms with Crippen LogP contribution in [0.1, 0.15) is 38.2 Å². The molecule has 0 saturated carbocycles. The highest BCUT2D eigenvalue weighted by Gasteiger charge is 2.30. The number of carbonyl (C=O) groups is 2. The van der Waals surface area contributed by atoms with Crippen molar-refractivity contribution in [1.82, 2.24) is 4.90 Å². The molecule has 0 N–H and O–H groups in total. The number of fused-ring (bicyclic) bond motifs is 1. The molecule has 6 heteroatoms. The van der Waals surface area contributed by atoms with Gasteiger partial charge in [-0.1, -0.05) is 66.2 Å². The van der Waals surface area contributed by atoms with E-state index in [1.54, 1.807) is 11.0 Å². The van der Waals surface area contributed by atoms with Gasteiger partial charge in [0.15, 0.2) is 11.5 Å². The Balaban J connectivity index is 1.15. The summed E-state index contributed by atoms with van der Waals surface area (Å²) in [5, 5.41) is 0. The molecule has 4 aromatic carbocycles. The Morgan fingerprint density at radius 3 is 2.21 bits per heavy atom. The minimum atomic E-state index is -0.198. The fraction of sp³-hybridized carbons (Fsp3) is 0.222. The number of para-hydroxylation sites is 2. The molecule has 0 atom stereocenters. The third-order valence-electron chi connectivity index (χ3n) is 8.23. The monoisotopic (exact) mass is 557 g/mol. The summed E-state index contributed by atoms with van der Waals surface area (Å²) < 4.78 is 6.06. The Morgan fingerprint density at radius 2 is 1.48 bits per heavy atom. The molecule has 0 unspecified atom stereocenters. The van der Waals surface area contributed by atoms with Crippen LogP contribution in [0.3, 0.4) is 0 Å². The second kappa shape index (κ2) is 11.6. The molecule has 1 saturated heterocycles. The second-order valence-electron chi connectivity index (χ2n) is 11.1. The van der Waals surface area contributed by atoms with Crippen molar-refractivity contribution in [2.75, 3.05) is 36.0 Å². The zero-order chi connectivity index (χ0) is 29.2. The lowest BCUT2D eigenvalue weighted by Gasteiger charge is -2.37. The van der Waals surface area contributed by atoms with Crippen LogP contribution in [0.5, 0.6) is 5.75 Å². The smallest absolute Gasteiger partial charge is 0.294 e. The van der Waals surface area contributed by atoms with E-state index >= 15 is 0 Å². The summed E-state index contributed by atoms with van der Waals surface area (Å²) in [6.45, 7) is 9.75. The quantitative estimate of drug-likeness (QED) is 0.262. The maximum atomic E-state index is 13.6. The molecule has 212 valence electrons. The Kier molecular flexibility index (Phi) is 7.53. The van der Waals surface area contributed by atoms with Crippen LogP contribution < -0.4 is 14.5 Å². The standard InChI is InChI=1S/C36H35N3O3/c1-25-11-13-29(14-12-25)24-39-32-8-4-5-10-33(32)42-34(36(39)41)23-28-15-17-30(18-16-28)35(40)38-21-19-37(20-22-38)31-9-6-7-26(2)27(31)3/h4-18,23H,19-22,24H2,1-3H3/b34-23+. The largest absolute Gasteiger partial charge is 0.449 e. The van der Waals surface area contributed by atoms with E-state index in [-0.39, 0.29) is 17.6 Å². The van der Waals surface area contributed by atoms with E-state index < -0.39 is 0 Å². The van der Waals surface area contributed by atoms with Crippen molar-refractivity contribution in [3.05, 3.63) is 130 Å². The topological polar surface area (TPSA) is 53.1 Å². The molecule has 2 aliphatic heterocycles. The minimum absolute atomic E-state index is 0.0259. The third kappa shape index (κ3) is 5.53. The maximum Gasteiger partial charge on any atom is 0.294 e. The molecular formula is C36H35N3O3. The average molecular weight is 558 g/mol. The average Bonchev–Trinajstić information content (AvgIpc) is 3.02. The first-order valence-corrected chi connectivity index (χ1v) is 14.4. The molecule has 0 bridgehead atoms. The number of rotatable bonds is 5. The SMILES string of the molecule is Cc1ccc(CN2C(=O)/C(=C\c3ccc(C(=O)N4CCN(c5cccc(C)c5C)CC4)cc3)Oc3ccccc32)cc1. The van der Waals surface area contributed by atoms with Gasteiger partial charge >= 0.3 is 0 Å². The summed E-state index contributed by atoms with van der Waals surface area (Å²) in [5.74, 6) is 0.721. The number of carbonyl (C=O) groups excluding carboxylic acids is 2. The summed E-state index contributed by atoms with van der Waals surface area (Å²) in [6.07, 6.45) is 1.75. The van der Waals surface area contributed by atoms with Crippen LogP contribution in [0.2, 0.25) is 0 Å². The van der Waals surface area contributed by atoms with Crippen LogP contribution in [0, 0.1) is 20.8 Å². The van der Waals surface area contributed by atoms with Crippen molar-refractivity contribution in [3.63, 3.8) is 0 Å². The van der Waals surface area contributed by atoms with Crippen molar-refractivity contribution in [2.45, 2.75) is 27.3 Å². The fourth-order valence-corrected chi connectivity index (χ4v) is 5.58. The molecule has 1 fully saturated rings. The van der Waals surface area contributed by atoms with Crippen LogP contribution in [0.15, 0.2) is 96.8 Å². The van der Waals surface area contributed by atoms with Crippen molar-refractivity contribution in [2.24, 2.45) is 0 Å². The second-order valence-corrected chi connectivity index (χ2v) is 11.1. The highest BCUT2D eigenvalue weighted by atomic mass is 16.5. The Morgan fingerprint density at radius 1 is 0.786 bits per heavy atom. The highest BCUT2D eigenvalue weighted by molar-refractivity contribution is 6.09. The first-order valence-electron chi connectivity index (χ1n) is 14.4. The van der Waals surface area contributed by atoms with Gasteiger partial charge in [-0.05, 0) is 79.4 Å². The lowest BCUT2D eigenvalue weighted by atomic mass is 10.1. The normalized spacial score (nSPS) is 15.9. The van der Waals surface area contributed by atoms with E-state index in [0.29, 0.717) is 30.9 Å². The zero-order valence-electron chi connectivity index (χ0n) is 24.3. The molecule has 4 aromatic rings. The molecule has 0 spiro atoms.